The van der Waals surface area contributed by atoms with Crippen molar-refractivity contribution in [2.24, 2.45) is 10.4 Å². The molecule has 0 aliphatic rings. The lowest BCUT2D eigenvalue weighted by atomic mass is 9.87. The summed E-state index contributed by atoms with van der Waals surface area (Å²) in [6.45, 7) is 17.6. The first-order valence-electron chi connectivity index (χ1n) is 12.3. The molecule has 2 heteroatoms. The van der Waals surface area contributed by atoms with Crippen LogP contribution in [0.2, 0.25) is 0 Å². The molecule has 0 aromatic heterocycles. The van der Waals surface area contributed by atoms with Crippen molar-refractivity contribution in [3.8, 4) is 0 Å². The van der Waals surface area contributed by atoms with Crippen LogP contribution in [-0.4, -0.2) is 5.71 Å². The van der Waals surface area contributed by atoms with Gasteiger partial charge < -0.3 is 5.32 Å². The van der Waals surface area contributed by atoms with Gasteiger partial charge in [-0.3, -0.25) is 4.99 Å². The fraction of sp³-hybridized carbons (Fsp3) is 0.344. The minimum absolute atomic E-state index is 0.192. The van der Waals surface area contributed by atoms with E-state index in [2.05, 4.69) is 120 Å². The highest BCUT2D eigenvalue weighted by atomic mass is 14.9. The molecular weight excluding hydrogens is 412 g/mol. The van der Waals surface area contributed by atoms with E-state index in [9.17, 15) is 0 Å². The largest absolute Gasteiger partial charge is 0.379 e. The molecule has 178 valence electrons. The zero-order chi connectivity index (χ0) is 24.7. The molecule has 0 saturated carbocycles. The van der Waals surface area contributed by atoms with Gasteiger partial charge in [0.2, 0.25) is 0 Å². The fourth-order valence-electron chi connectivity index (χ4n) is 4.18. The van der Waals surface area contributed by atoms with Crippen LogP contribution in [0, 0.1) is 12.3 Å². The number of nitrogens with zero attached hydrogens (tertiary/aromatic N) is 1. The van der Waals surface area contributed by atoms with Crippen LogP contribution >= 0.6 is 0 Å². The summed E-state index contributed by atoms with van der Waals surface area (Å²) in [5, 5.41) is 3.54. The zero-order valence-electron chi connectivity index (χ0n) is 21.8. The first-order valence-corrected chi connectivity index (χ1v) is 12.3. The monoisotopic (exact) mass is 452 g/mol. The van der Waals surface area contributed by atoms with Crippen molar-refractivity contribution < 1.29 is 0 Å². The van der Waals surface area contributed by atoms with E-state index < -0.39 is 0 Å². The standard InChI is InChI=1S/C32H40N2/c1-23-16-19-30(26(4)34-25(3)29-14-9-8-10-15-29)21-31(23)33-24(2)17-18-27-12-11-13-28(20-27)22-32(5,6)7/h8-16,19-21,25,34H,4,17-18,22H2,1-3,5-7H3. The average Bonchev–Trinajstić information content (AvgIpc) is 2.79. The number of hydrogen-bond acceptors (Lipinski definition) is 2. The van der Waals surface area contributed by atoms with Gasteiger partial charge in [-0.15, -0.1) is 0 Å². The van der Waals surface area contributed by atoms with Gasteiger partial charge in [0, 0.05) is 17.5 Å². The normalized spacial score (nSPS) is 12.9. The van der Waals surface area contributed by atoms with Gasteiger partial charge in [-0.1, -0.05) is 94.1 Å². The molecule has 1 atom stereocenters. The van der Waals surface area contributed by atoms with Crippen molar-refractivity contribution in [1.29, 1.82) is 0 Å². The SMILES string of the molecule is C=C(NC(C)c1ccccc1)c1ccc(C)c(N=C(C)CCc2cccc(CC(C)(C)C)c2)c1. The molecule has 3 aromatic carbocycles. The van der Waals surface area contributed by atoms with Crippen LogP contribution in [0.15, 0.2) is 84.4 Å². The maximum Gasteiger partial charge on any atom is 0.0664 e. The third kappa shape index (κ3) is 7.73. The first kappa shape index (κ1) is 25.5. The van der Waals surface area contributed by atoms with Gasteiger partial charge in [0.15, 0.2) is 0 Å². The van der Waals surface area contributed by atoms with Gasteiger partial charge in [-0.2, -0.15) is 0 Å². The Balaban J connectivity index is 1.66. The van der Waals surface area contributed by atoms with Crippen molar-refractivity contribution in [1.82, 2.24) is 5.32 Å². The van der Waals surface area contributed by atoms with Crippen LogP contribution in [0.4, 0.5) is 5.69 Å². The maximum atomic E-state index is 4.98. The van der Waals surface area contributed by atoms with E-state index in [4.69, 9.17) is 4.99 Å². The average molecular weight is 453 g/mol. The van der Waals surface area contributed by atoms with Gasteiger partial charge in [0.1, 0.15) is 0 Å². The summed E-state index contributed by atoms with van der Waals surface area (Å²) in [7, 11) is 0. The Labute approximate surface area is 206 Å². The molecule has 1 unspecified atom stereocenters. The molecule has 3 aromatic rings. The Kier molecular flexibility index (Phi) is 8.50. The molecular formula is C32H40N2. The second-order valence-electron chi connectivity index (χ2n) is 10.7. The van der Waals surface area contributed by atoms with Gasteiger partial charge in [-0.25, -0.2) is 0 Å². The molecule has 0 heterocycles. The lowest BCUT2D eigenvalue weighted by Gasteiger charge is -2.18. The number of rotatable bonds is 9. The summed E-state index contributed by atoms with van der Waals surface area (Å²) in [5.74, 6) is 0. The summed E-state index contributed by atoms with van der Waals surface area (Å²) in [6.07, 6.45) is 3.06. The number of aryl methyl sites for hydroxylation is 2. The molecule has 34 heavy (non-hydrogen) atoms. The van der Waals surface area contributed by atoms with Crippen molar-refractivity contribution in [3.05, 3.63) is 107 Å². The Morgan fingerprint density at radius 2 is 1.65 bits per heavy atom. The molecule has 0 bridgehead atoms. The predicted octanol–water partition coefficient (Wildman–Crippen LogP) is 8.63. The Hall–Kier alpha value is -3.13. The predicted molar refractivity (Wildman–Crippen MR) is 149 cm³/mol. The minimum atomic E-state index is 0.192. The number of benzene rings is 3. The zero-order valence-corrected chi connectivity index (χ0v) is 21.8. The Morgan fingerprint density at radius 1 is 0.941 bits per heavy atom. The van der Waals surface area contributed by atoms with E-state index in [1.165, 1.54) is 22.3 Å². The number of aliphatic imine (C=N–C) groups is 1. The maximum absolute atomic E-state index is 4.98. The van der Waals surface area contributed by atoms with E-state index in [1.54, 1.807) is 0 Å². The second kappa shape index (κ2) is 11.3. The van der Waals surface area contributed by atoms with E-state index in [-0.39, 0.29) is 6.04 Å². The van der Waals surface area contributed by atoms with Crippen molar-refractivity contribution in [2.75, 3.05) is 0 Å². The van der Waals surface area contributed by atoms with E-state index >= 15 is 0 Å². The topological polar surface area (TPSA) is 24.4 Å². The third-order valence-corrected chi connectivity index (χ3v) is 6.06. The molecule has 0 saturated heterocycles. The summed E-state index contributed by atoms with van der Waals surface area (Å²) < 4.78 is 0. The van der Waals surface area contributed by atoms with Crippen molar-refractivity contribution in [2.45, 2.75) is 66.8 Å². The van der Waals surface area contributed by atoms with Gasteiger partial charge in [-0.05, 0) is 79.3 Å². The smallest absolute Gasteiger partial charge is 0.0664 e. The van der Waals surface area contributed by atoms with E-state index in [1.807, 2.05) is 6.07 Å². The highest BCUT2D eigenvalue weighted by Crippen LogP contribution is 2.26. The molecule has 0 aliphatic carbocycles. The van der Waals surface area contributed by atoms with Gasteiger partial charge in [0.25, 0.3) is 0 Å². The van der Waals surface area contributed by atoms with Crippen molar-refractivity contribution in [3.63, 3.8) is 0 Å². The minimum Gasteiger partial charge on any atom is -0.379 e. The summed E-state index contributed by atoms with van der Waals surface area (Å²) >= 11 is 0. The number of nitrogens with one attached hydrogen (secondary N) is 1. The molecule has 0 aliphatic heterocycles. The molecule has 0 spiro atoms. The molecule has 3 rings (SSSR count). The highest BCUT2D eigenvalue weighted by molar-refractivity contribution is 5.85. The van der Waals surface area contributed by atoms with E-state index in [0.717, 1.165) is 41.9 Å². The number of hydrogen-bond donors (Lipinski definition) is 1. The lowest BCUT2D eigenvalue weighted by Crippen LogP contribution is -2.16. The van der Waals surface area contributed by atoms with Crippen molar-refractivity contribution >= 4 is 17.1 Å². The third-order valence-electron chi connectivity index (χ3n) is 6.06. The van der Waals surface area contributed by atoms with Crippen LogP contribution in [0.5, 0.6) is 0 Å². The van der Waals surface area contributed by atoms with Crippen LogP contribution in [0.1, 0.15) is 74.9 Å². The highest BCUT2D eigenvalue weighted by Gasteiger charge is 2.12. The molecule has 0 radical (unpaired) electrons. The first-order chi connectivity index (χ1) is 16.1. The molecule has 0 fully saturated rings. The summed E-state index contributed by atoms with van der Waals surface area (Å²) in [5.41, 5.74) is 9.69. The fourth-order valence-corrected chi connectivity index (χ4v) is 4.18. The summed E-state index contributed by atoms with van der Waals surface area (Å²) in [6, 6.07) is 26.1. The van der Waals surface area contributed by atoms with E-state index in [0.29, 0.717) is 5.41 Å². The molecule has 1 N–H and O–H groups in total. The van der Waals surface area contributed by atoms with Gasteiger partial charge in [0.05, 0.1) is 5.69 Å². The lowest BCUT2D eigenvalue weighted by molar-refractivity contribution is 0.411. The Bertz CT molecular complexity index is 1130. The molecule has 2 nitrogen and oxygen atoms in total. The Morgan fingerprint density at radius 3 is 2.35 bits per heavy atom. The van der Waals surface area contributed by atoms with Crippen LogP contribution in [0.3, 0.4) is 0 Å². The summed E-state index contributed by atoms with van der Waals surface area (Å²) in [4.78, 5) is 4.98. The molecule has 0 amide bonds. The van der Waals surface area contributed by atoms with Crippen LogP contribution < -0.4 is 5.32 Å². The van der Waals surface area contributed by atoms with Crippen LogP contribution in [0.25, 0.3) is 5.70 Å². The van der Waals surface area contributed by atoms with Crippen LogP contribution in [-0.2, 0) is 12.8 Å². The van der Waals surface area contributed by atoms with Gasteiger partial charge >= 0.3 is 0 Å². The second-order valence-corrected chi connectivity index (χ2v) is 10.7. The quantitative estimate of drug-likeness (QED) is 0.323.